The van der Waals surface area contributed by atoms with Gasteiger partial charge in [0.2, 0.25) is 0 Å². The molecule has 1 rings (SSSR count). The van der Waals surface area contributed by atoms with Crippen LogP contribution < -0.4 is 15.4 Å². The maximum atomic E-state index is 11.8. The largest absolute Gasteiger partial charge is 0.492 e. The number of nitrogens with one attached hydrogen (secondary N) is 2. The van der Waals surface area contributed by atoms with E-state index in [0.717, 1.165) is 0 Å². The zero-order valence-electron chi connectivity index (χ0n) is 11.8. The quantitative estimate of drug-likeness (QED) is 0.746. The molecule has 0 saturated carbocycles. The molecule has 0 aromatic heterocycles. The van der Waals surface area contributed by atoms with Crippen molar-refractivity contribution in [2.24, 2.45) is 5.92 Å². The SMILES string of the molecule is CCOc1ccccc1NC(=O)NC(C(=O)O)C(C)C. The molecule has 1 atom stereocenters. The molecule has 0 aliphatic heterocycles. The molecular weight excluding hydrogens is 260 g/mol. The lowest BCUT2D eigenvalue weighted by Gasteiger charge is -2.19. The van der Waals surface area contributed by atoms with Gasteiger partial charge in [0.15, 0.2) is 0 Å². The molecule has 1 unspecified atom stereocenters. The predicted octanol–water partition coefficient (Wildman–Crippen LogP) is 2.32. The van der Waals surface area contributed by atoms with E-state index in [0.29, 0.717) is 18.0 Å². The Kier molecular flexibility index (Phi) is 5.83. The highest BCUT2D eigenvalue weighted by Gasteiger charge is 2.23. The van der Waals surface area contributed by atoms with E-state index >= 15 is 0 Å². The lowest BCUT2D eigenvalue weighted by atomic mass is 10.1. The molecule has 0 aliphatic carbocycles. The van der Waals surface area contributed by atoms with Crippen molar-refractivity contribution in [2.45, 2.75) is 26.8 Å². The molecule has 0 spiro atoms. The van der Waals surface area contributed by atoms with Crippen LogP contribution in [0, 0.1) is 5.92 Å². The molecule has 2 amide bonds. The third kappa shape index (κ3) is 4.46. The smallest absolute Gasteiger partial charge is 0.326 e. The number of hydrogen-bond donors (Lipinski definition) is 3. The highest BCUT2D eigenvalue weighted by molar-refractivity contribution is 5.93. The second kappa shape index (κ2) is 7.37. The maximum Gasteiger partial charge on any atom is 0.326 e. The summed E-state index contributed by atoms with van der Waals surface area (Å²) in [6, 6.07) is 5.47. The summed E-state index contributed by atoms with van der Waals surface area (Å²) in [5, 5.41) is 14.1. The summed E-state index contributed by atoms with van der Waals surface area (Å²) in [6.45, 7) is 5.78. The fourth-order valence-corrected chi connectivity index (χ4v) is 1.66. The van der Waals surface area contributed by atoms with Gasteiger partial charge in [0.05, 0.1) is 12.3 Å². The van der Waals surface area contributed by atoms with Crippen LogP contribution in [0.3, 0.4) is 0 Å². The Bertz CT molecular complexity index is 474. The lowest BCUT2D eigenvalue weighted by molar-refractivity contribution is -0.140. The molecule has 0 aliphatic rings. The van der Waals surface area contributed by atoms with Crippen LogP contribution in [0.1, 0.15) is 20.8 Å². The minimum absolute atomic E-state index is 0.208. The van der Waals surface area contributed by atoms with E-state index in [1.807, 2.05) is 6.92 Å². The van der Waals surface area contributed by atoms with E-state index in [4.69, 9.17) is 9.84 Å². The van der Waals surface area contributed by atoms with Gasteiger partial charge in [-0.25, -0.2) is 9.59 Å². The molecule has 0 fully saturated rings. The number of urea groups is 1. The fourth-order valence-electron chi connectivity index (χ4n) is 1.66. The van der Waals surface area contributed by atoms with Gasteiger partial charge >= 0.3 is 12.0 Å². The maximum absolute atomic E-state index is 11.8. The van der Waals surface area contributed by atoms with Crippen molar-refractivity contribution in [1.82, 2.24) is 5.32 Å². The Morgan fingerprint density at radius 1 is 1.30 bits per heavy atom. The molecule has 1 aromatic carbocycles. The number of carbonyl (C=O) groups is 2. The highest BCUT2D eigenvalue weighted by Crippen LogP contribution is 2.23. The zero-order chi connectivity index (χ0) is 15.1. The number of hydrogen-bond acceptors (Lipinski definition) is 3. The number of para-hydroxylation sites is 2. The Labute approximate surface area is 118 Å². The summed E-state index contributed by atoms with van der Waals surface area (Å²) in [6.07, 6.45) is 0. The number of aliphatic carboxylic acids is 1. The summed E-state index contributed by atoms with van der Waals surface area (Å²) in [5.74, 6) is -0.727. The molecule has 110 valence electrons. The van der Waals surface area contributed by atoms with Crippen LogP contribution in [0.25, 0.3) is 0 Å². The first kappa shape index (κ1) is 15.8. The number of rotatable bonds is 6. The first-order chi connectivity index (χ1) is 9.45. The van der Waals surface area contributed by atoms with Crippen LogP contribution in [0.2, 0.25) is 0 Å². The van der Waals surface area contributed by atoms with Crippen molar-refractivity contribution in [3.8, 4) is 5.75 Å². The van der Waals surface area contributed by atoms with Crippen molar-refractivity contribution < 1.29 is 19.4 Å². The first-order valence-electron chi connectivity index (χ1n) is 6.47. The van der Waals surface area contributed by atoms with Crippen molar-refractivity contribution >= 4 is 17.7 Å². The summed E-state index contributed by atoms with van der Waals surface area (Å²) in [4.78, 5) is 22.9. The van der Waals surface area contributed by atoms with Gasteiger partial charge in [0.1, 0.15) is 11.8 Å². The number of amides is 2. The first-order valence-corrected chi connectivity index (χ1v) is 6.47. The molecule has 1 aromatic rings. The van der Waals surface area contributed by atoms with E-state index in [2.05, 4.69) is 10.6 Å². The summed E-state index contributed by atoms with van der Waals surface area (Å²) < 4.78 is 5.38. The van der Waals surface area contributed by atoms with Crippen molar-refractivity contribution in [3.63, 3.8) is 0 Å². The van der Waals surface area contributed by atoms with E-state index in [1.54, 1.807) is 38.1 Å². The molecule has 20 heavy (non-hydrogen) atoms. The van der Waals surface area contributed by atoms with Crippen molar-refractivity contribution in [2.75, 3.05) is 11.9 Å². The highest BCUT2D eigenvalue weighted by atomic mass is 16.5. The Morgan fingerprint density at radius 2 is 1.95 bits per heavy atom. The Hall–Kier alpha value is -2.24. The summed E-state index contributed by atoms with van der Waals surface area (Å²) in [5.41, 5.74) is 0.500. The van der Waals surface area contributed by atoms with Gasteiger partial charge in [-0.1, -0.05) is 26.0 Å². The van der Waals surface area contributed by atoms with Gasteiger partial charge in [-0.05, 0) is 25.0 Å². The Balaban J connectivity index is 2.73. The van der Waals surface area contributed by atoms with Crippen LogP contribution in [0.5, 0.6) is 5.75 Å². The van der Waals surface area contributed by atoms with Gasteiger partial charge in [-0.3, -0.25) is 0 Å². The van der Waals surface area contributed by atoms with Gasteiger partial charge < -0.3 is 20.5 Å². The third-order valence-corrected chi connectivity index (χ3v) is 2.65. The van der Waals surface area contributed by atoms with E-state index in [-0.39, 0.29) is 5.92 Å². The minimum Gasteiger partial charge on any atom is -0.492 e. The van der Waals surface area contributed by atoms with Crippen LogP contribution in [-0.4, -0.2) is 29.8 Å². The zero-order valence-corrected chi connectivity index (χ0v) is 11.8. The molecule has 0 bridgehead atoms. The van der Waals surface area contributed by atoms with E-state index in [1.165, 1.54) is 0 Å². The number of carboxylic acid groups (broad SMARTS) is 1. The minimum atomic E-state index is -1.06. The van der Waals surface area contributed by atoms with Gasteiger partial charge in [0, 0.05) is 0 Å². The Morgan fingerprint density at radius 3 is 2.50 bits per heavy atom. The molecule has 0 radical (unpaired) electrons. The number of carbonyl (C=O) groups excluding carboxylic acids is 1. The normalized spacial score (nSPS) is 11.8. The van der Waals surface area contributed by atoms with E-state index in [9.17, 15) is 9.59 Å². The van der Waals surface area contributed by atoms with Gasteiger partial charge in [0.25, 0.3) is 0 Å². The van der Waals surface area contributed by atoms with Crippen LogP contribution >= 0.6 is 0 Å². The van der Waals surface area contributed by atoms with Gasteiger partial charge in [-0.15, -0.1) is 0 Å². The fraction of sp³-hybridized carbons (Fsp3) is 0.429. The standard InChI is InChI=1S/C14H20N2O4/c1-4-20-11-8-6-5-7-10(11)15-14(19)16-12(9(2)3)13(17)18/h5-9,12H,4H2,1-3H3,(H,17,18)(H2,15,16,19). The number of benzene rings is 1. The van der Waals surface area contributed by atoms with Gasteiger partial charge in [-0.2, -0.15) is 0 Å². The average Bonchev–Trinajstić information content (AvgIpc) is 2.38. The number of ether oxygens (including phenoxy) is 1. The second-order valence-corrected chi connectivity index (χ2v) is 4.59. The number of carboxylic acids is 1. The van der Waals surface area contributed by atoms with Crippen LogP contribution in [-0.2, 0) is 4.79 Å². The molecule has 3 N–H and O–H groups in total. The topological polar surface area (TPSA) is 87.7 Å². The molecule has 6 heteroatoms. The molecule has 6 nitrogen and oxygen atoms in total. The average molecular weight is 280 g/mol. The second-order valence-electron chi connectivity index (χ2n) is 4.59. The molecule has 0 saturated heterocycles. The van der Waals surface area contributed by atoms with Crippen molar-refractivity contribution in [1.29, 1.82) is 0 Å². The van der Waals surface area contributed by atoms with Crippen LogP contribution in [0.4, 0.5) is 10.5 Å². The van der Waals surface area contributed by atoms with E-state index < -0.39 is 18.0 Å². The molecule has 0 heterocycles. The predicted molar refractivity (Wildman–Crippen MR) is 76.0 cm³/mol. The summed E-state index contributed by atoms with van der Waals surface area (Å²) in [7, 11) is 0. The third-order valence-electron chi connectivity index (χ3n) is 2.65. The van der Waals surface area contributed by atoms with Crippen molar-refractivity contribution in [3.05, 3.63) is 24.3 Å². The lowest BCUT2D eigenvalue weighted by Crippen LogP contribution is -2.46. The molecular formula is C14H20N2O4. The number of anilines is 1. The monoisotopic (exact) mass is 280 g/mol. The summed E-state index contributed by atoms with van der Waals surface area (Å²) >= 11 is 0. The van der Waals surface area contributed by atoms with Crippen LogP contribution in [0.15, 0.2) is 24.3 Å².